The molecule has 1 aromatic carbocycles. The van der Waals surface area contributed by atoms with E-state index in [1.165, 1.54) is 0 Å². The number of hydrogen-bond donors (Lipinski definition) is 1. The van der Waals surface area contributed by atoms with Gasteiger partial charge in [-0.25, -0.2) is 0 Å². The van der Waals surface area contributed by atoms with Crippen molar-refractivity contribution in [2.75, 3.05) is 27.4 Å². The van der Waals surface area contributed by atoms with Crippen molar-refractivity contribution in [1.82, 2.24) is 10.2 Å². The van der Waals surface area contributed by atoms with Crippen molar-refractivity contribution in [1.29, 1.82) is 0 Å². The van der Waals surface area contributed by atoms with E-state index in [0.717, 1.165) is 42.5 Å². The van der Waals surface area contributed by atoms with Crippen molar-refractivity contribution in [3.8, 4) is 11.5 Å². The molecular formula is C16H23N3O2. The Labute approximate surface area is 126 Å². The number of nitrogens with zero attached hydrogens (tertiary/aromatic N) is 2. The zero-order valence-corrected chi connectivity index (χ0v) is 12.9. The number of fused-ring (bicyclic) bond motifs is 1. The predicted molar refractivity (Wildman–Crippen MR) is 84.8 cm³/mol. The Morgan fingerprint density at radius 1 is 1.38 bits per heavy atom. The number of allylic oxidation sites excluding steroid dienone is 1. The van der Waals surface area contributed by atoms with Crippen molar-refractivity contribution in [2.45, 2.75) is 19.9 Å². The number of ether oxygens (including phenoxy) is 2. The lowest BCUT2D eigenvalue weighted by Gasteiger charge is -2.22. The van der Waals surface area contributed by atoms with E-state index >= 15 is 0 Å². The van der Waals surface area contributed by atoms with Gasteiger partial charge in [-0.1, -0.05) is 18.2 Å². The Balaban J connectivity index is 1.91. The smallest absolute Gasteiger partial charge is 0.231 e. The quantitative estimate of drug-likeness (QED) is 0.391. The SMILES string of the molecule is C/C=C/CCNC(=NC)N(C)Cc1ccc2c(c1)OCO2. The maximum atomic E-state index is 5.41. The summed E-state index contributed by atoms with van der Waals surface area (Å²) in [5.74, 6) is 2.52. The lowest BCUT2D eigenvalue weighted by Crippen LogP contribution is -2.38. The van der Waals surface area contributed by atoms with Gasteiger partial charge < -0.3 is 19.7 Å². The highest BCUT2D eigenvalue weighted by atomic mass is 16.7. The third-order valence-electron chi connectivity index (χ3n) is 3.26. The number of guanidine groups is 1. The fraction of sp³-hybridized carbons (Fsp3) is 0.438. The van der Waals surface area contributed by atoms with E-state index in [9.17, 15) is 0 Å². The number of hydrogen-bond acceptors (Lipinski definition) is 3. The van der Waals surface area contributed by atoms with Crippen molar-refractivity contribution in [3.05, 3.63) is 35.9 Å². The lowest BCUT2D eigenvalue weighted by atomic mass is 10.2. The van der Waals surface area contributed by atoms with Crippen LogP contribution in [0.1, 0.15) is 18.9 Å². The van der Waals surface area contributed by atoms with Gasteiger partial charge in [-0.05, 0) is 31.0 Å². The summed E-state index contributed by atoms with van der Waals surface area (Å²) in [5, 5.41) is 3.35. The lowest BCUT2D eigenvalue weighted by molar-refractivity contribution is 0.174. The number of nitrogens with one attached hydrogen (secondary N) is 1. The highest BCUT2D eigenvalue weighted by Gasteiger charge is 2.14. The molecule has 1 aliphatic rings. The van der Waals surface area contributed by atoms with Gasteiger partial charge in [-0.2, -0.15) is 0 Å². The summed E-state index contributed by atoms with van der Waals surface area (Å²) in [6.07, 6.45) is 5.19. The fourth-order valence-electron chi connectivity index (χ4n) is 2.21. The topological polar surface area (TPSA) is 46.1 Å². The highest BCUT2D eigenvalue weighted by Crippen LogP contribution is 2.32. The zero-order valence-electron chi connectivity index (χ0n) is 12.9. The van der Waals surface area contributed by atoms with E-state index in [1.807, 2.05) is 26.1 Å². The molecule has 0 saturated carbocycles. The molecule has 0 aromatic heterocycles. The van der Waals surface area contributed by atoms with Gasteiger partial charge in [0.15, 0.2) is 17.5 Å². The summed E-state index contributed by atoms with van der Waals surface area (Å²) in [7, 11) is 3.82. The van der Waals surface area contributed by atoms with Crippen LogP contribution in [0.2, 0.25) is 0 Å². The molecule has 0 fully saturated rings. The number of aliphatic imine (C=N–C) groups is 1. The Morgan fingerprint density at radius 2 is 2.19 bits per heavy atom. The first-order valence-electron chi connectivity index (χ1n) is 7.16. The predicted octanol–water partition coefficient (Wildman–Crippen LogP) is 2.39. The molecule has 0 aliphatic carbocycles. The summed E-state index contributed by atoms with van der Waals surface area (Å²) in [4.78, 5) is 6.40. The van der Waals surface area contributed by atoms with E-state index in [4.69, 9.17) is 9.47 Å². The monoisotopic (exact) mass is 289 g/mol. The van der Waals surface area contributed by atoms with E-state index < -0.39 is 0 Å². The molecule has 0 atom stereocenters. The number of benzene rings is 1. The maximum absolute atomic E-state index is 5.41. The van der Waals surface area contributed by atoms with E-state index in [-0.39, 0.29) is 0 Å². The zero-order chi connectivity index (χ0) is 15.1. The van der Waals surface area contributed by atoms with Crippen LogP contribution in [-0.4, -0.2) is 38.3 Å². The Hall–Kier alpha value is -2.17. The summed E-state index contributed by atoms with van der Waals surface area (Å²) < 4.78 is 10.7. The second-order valence-electron chi connectivity index (χ2n) is 4.88. The number of rotatable bonds is 5. The van der Waals surface area contributed by atoms with Crippen LogP contribution < -0.4 is 14.8 Å². The maximum Gasteiger partial charge on any atom is 0.231 e. The van der Waals surface area contributed by atoms with Gasteiger partial charge in [-0.3, -0.25) is 4.99 Å². The van der Waals surface area contributed by atoms with Crippen molar-refractivity contribution < 1.29 is 9.47 Å². The van der Waals surface area contributed by atoms with Crippen LogP contribution in [0.15, 0.2) is 35.3 Å². The molecule has 1 aliphatic heterocycles. The second kappa shape index (κ2) is 7.57. The van der Waals surface area contributed by atoms with Crippen LogP contribution in [0.4, 0.5) is 0 Å². The molecule has 0 spiro atoms. The van der Waals surface area contributed by atoms with E-state index in [1.54, 1.807) is 7.05 Å². The van der Waals surface area contributed by atoms with Crippen LogP contribution in [0.5, 0.6) is 11.5 Å². The molecule has 0 radical (unpaired) electrons. The fourth-order valence-corrected chi connectivity index (χ4v) is 2.21. The van der Waals surface area contributed by atoms with Crippen molar-refractivity contribution in [3.63, 3.8) is 0 Å². The summed E-state index contributed by atoms with van der Waals surface area (Å²) in [6, 6.07) is 6.02. The van der Waals surface area contributed by atoms with Gasteiger partial charge in [-0.15, -0.1) is 0 Å². The van der Waals surface area contributed by atoms with Gasteiger partial charge in [0, 0.05) is 27.2 Å². The summed E-state index contributed by atoms with van der Waals surface area (Å²) in [5.41, 5.74) is 1.16. The van der Waals surface area contributed by atoms with Crippen LogP contribution in [0.3, 0.4) is 0 Å². The summed E-state index contributed by atoms with van der Waals surface area (Å²) >= 11 is 0. The molecule has 5 nitrogen and oxygen atoms in total. The highest BCUT2D eigenvalue weighted by molar-refractivity contribution is 5.79. The minimum absolute atomic E-state index is 0.308. The van der Waals surface area contributed by atoms with Gasteiger partial charge >= 0.3 is 0 Å². The average molecular weight is 289 g/mol. The second-order valence-corrected chi connectivity index (χ2v) is 4.88. The average Bonchev–Trinajstić information content (AvgIpc) is 2.95. The van der Waals surface area contributed by atoms with Gasteiger partial charge in [0.25, 0.3) is 0 Å². The molecule has 114 valence electrons. The Morgan fingerprint density at radius 3 is 2.95 bits per heavy atom. The largest absolute Gasteiger partial charge is 0.454 e. The third-order valence-corrected chi connectivity index (χ3v) is 3.26. The molecule has 2 rings (SSSR count). The molecule has 21 heavy (non-hydrogen) atoms. The first-order chi connectivity index (χ1) is 10.2. The molecule has 1 heterocycles. The van der Waals surface area contributed by atoms with E-state index in [2.05, 4.69) is 33.4 Å². The Kier molecular flexibility index (Phi) is 5.49. The molecule has 1 N–H and O–H groups in total. The minimum atomic E-state index is 0.308. The van der Waals surface area contributed by atoms with Crippen LogP contribution >= 0.6 is 0 Å². The van der Waals surface area contributed by atoms with Crippen molar-refractivity contribution in [2.24, 2.45) is 4.99 Å². The normalized spacial score (nSPS) is 13.8. The first kappa shape index (κ1) is 15.2. The third kappa shape index (κ3) is 4.15. The molecule has 0 amide bonds. The standard InChI is InChI=1S/C16H23N3O2/c1-4-5-6-9-18-16(17-2)19(3)11-13-7-8-14-15(10-13)21-12-20-14/h4-5,7-8,10H,6,9,11-12H2,1-3H3,(H,17,18)/b5-4+. The first-order valence-corrected chi connectivity index (χ1v) is 7.16. The van der Waals surface area contributed by atoms with Gasteiger partial charge in [0.2, 0.25) is 6.79 Å². The van der Waals surface area contributed by atoms with Crippen LogP contribution in [-0.2, 0) is 6.54 Å². The van der Waals surface area contributed by atoms with Crippen LogP contribution in [0.25, 0.3) is 0 Å². The molecule has 0 unspecified atom stereocenters. The van der Waals surface area contributed by atoms with Crippen molar-refractivity contribution >= 4 is 5.96 Å². The van der Waals surface area contributed by atoms with Gasteiger partial charge in [0.05, 0.1) is 0 Å². The van der Waals surface area contributed by atoms with Crippen LogP contribution in [0, 0.1) is 0 Å². The molecule has 0 bridgehead atoms. The molecule has 1 aromatic rings. The van der Waals surface area contributed by atoms with Gasteiger partial charge in [0.1, 0.15) is 0 Å². The van der Waals surface area contributed by atoms with E-state index in [0.29, 0.717) is 6.79 Å². The molecule has 0 saturated heterocycles. The minimum Gasteiger partial charge on any atom is -0.454 e. The summed E-state index contributed by atoms with van der Waals surface area (Å²) in [6.45, 7) is 3.98. The Bertz CT molecular complexity index is 526. The molecule has 5 heteroatoms. The molecular weight excluding hydrogens is 266 g/mol.